The van der Waals surface area contributed by atoms with Gasteiger partial charge < -0.3 is 10.3 Å². The number of amides is 1. The normalized spacial score (nSPS) is 11.0. The van der Waals surface area contributed by atoms with Crippen LogP contribution in [0.15, 0.2) is 42.5 Å². The Morgan fingerprint density at radius 3 is 2.33 bits per heavy atom. The summed E-state index contributed by atoms with van der Waals surface area (Å²) in [5.74, 6) is -0.693. The van der Waals surface area contributed by atoms with Crippen molar-refractivity contribution in [3.63, 3.8) is 0 Å². The molecule has 3 rings (SSSR count). The number of carbonyl (C=O) groups is 1. The molecule has 106 valence electrons. The molecule has 0 unspecified atom stereocenters. The third-order valence-corrected chi connectivity index (χ3v) is 3.86. The number of aryl methyl sites for hydroxylation is 2. The Kier molecular flexibility index (Phi) is 3.01. The van der Waals surface area contributed by atoms with Gasteiger partial charge >= 0.3 is 0 Å². The maximum absolute atomic E-state index is 13.0. The number of halogens is 1. The summed E-state index contributed by atoms with van der Waals surface area (Å²) in [5, 5.41) is 0.980. The van der Waals surface area contributed by atoms with Gasteiger partial charge in [0.2, 0.25) is 0 Å². The molecule has 0 fully saturated rings. The van der Waals surface area contributed by atoms with Crippen LogP contribution in [0.3, 0.4) is 0 Å². The van der Waals surface area contributed by atoms with E-state index in [0.29, 0.717) is 5.69 Å². The number of rotatable bonds is 2. The Bertz CT molecular complexity index is 847. The first-order valence-electron chi connectivity index (χ1n) is 6.64. The number of primary amides is 1. The first-order valence-corrected chi connectivity index (χ1v) is 6.64. The first kappa shape index (κ1) is 13.4. The highest BCUT2D eigenvalue weighted by Gasteiger charge is 2.16. The molecule has 0 spiro atoms. The summed E-state index contributed by atoms with van der Waals surface area (Å²) in [6.45, 7) is 1.89. The molecule has 0 bridgehead atoms. The molecule has 0 aliphatic carbocycles. The van der Waals surface area contributed by atoms with Crippen molar-refractivity contribution < 1.29 is 9.18 Å². The zero-order valence-electron chi connectivity index (χ0n) is 11.9. The van der Waals surface area contributed by atoms with Crippen molar-refractivity contribution in [1.29, 1.82) is 0 Å². The van der Waals surface area contributed by atoms with E-state index in [4.69, 9.17) is 5.73 Å². The van der Waals surface area contributed by atoms with Crippen LogP contribution in [-0.4, -0.2) is 10.5 Å². The molecule has 3 aromatic rings. The number of fused-ring (bicyclic) bond motifs is 1. The van der Waals surface area contributed by atoms with Gasteiger partial charge in [-0.25, -0.2) is 4.39 Å². The van der Waals surface area contributed by atoms with Crippen LogP contribution in [0.1, 0.15) is 16.1 Å². The average molecular weight is 282 g/mol. The van der Waals surface area contributed by atoms with Crippen molar-refractivity contribution in [1.82, 2.24) is 4.57 Å². The zero-order chi connectivity index (χ0) is 15.1. The summed E-state index contributed by atoms with van der Waals surface area (Å²) in [6.07, 6.45) is 0. The second-order valence-corrected chi connectivity index (χ2v) is 5.14. The fraction of sp³-hybridized carbons (Fsp3) is 0.118. The molecule has 21 heavy (non-hydrogen) atoms. The molecule has 4 heteroatoms. The summed E-state index contributed by atoms with van der Waals surface area (Å²) in [5.41, 5.74) is 9.69. The molecular formula is C17H15FN2O. The summed E-state index contributed by atoms with van der Waals surface area (Å²) in [4.78, 5) is 11.6. The summed E-state index contributed by atoms with van der Waals surface area (Å²) >= 11 is 0. The minimum Gasteiger partial charge on any atom is -0.364 e. The molecule has 0 atom stereocenters. The van der Waals surface area contributed by atoms with Crippen molar-refractivity contribution in [2.45, 2.75) is 6.92 Å². The van der Waals surface area contributed by atoms with Gasteiger partial charge in [-0.3, -0.25) is 4.79 Å². The van der Waals surface area contributed by atoms with Crippen LogP contribution < -0.4 is 5.73 Å². The van der Waals surface area contributed by atoms with E-state index in [9.17, 15) is 9.18 Å². The van der Waals surface area contributed by atoms with Crippen LogP contribution >= 0.6 is 0 Å². The van der Waals surface area contributed by atoms with Gasteiger partial charge in [0, 0.05) is 18.0 Å². The number of aromatic nitrogens is 1. The fourth-order valence-corrected chi connectivity index (χ4v) is 2.80. The Hall–Kier alpha value is -2.62. The maximum atomic E-state index is 13.0. The lowest BCUT2D eigenvalue weighted by molar-refractivity contribution is 0.0992. The number of carbonyl (C=O) groups excluding carboxylic acids is 1. The van der Waals surface area contributed by atoms with Gasteiger partial charge in [-0.1, -0.05) is 18.2 Å². The van der Waals surface area contributed by atoms with E-state index in [-0.39, 0.29) is 5.82 Å². The Morgan fingerprint density at radius 2 is 1.71 bits per heavy atom. The number of benzene rings is 2. The van der Waals surface area contributed by atoms with Crippen LogP contribution in [0, 0.1) is 12.7 Å². The van der Waals surface area contributed by atoms with Crippen molar-refractivity contribution in [3.05, 3.63) is 59.5 Å². The van der Waals surface area contributed by atoms with Gasteiger partial charge in [-0.05, 0) is 47.9 Å². The van der Waals surface area contributed by atoms with Gasteiger partial charge in [-0.2, -0.15) is 0 Å². The van der Waals surface area contributed by atoms with E-state index in [1.807, 2.05) is 32.2 Å². The predicted octanol–water partition coefficient (Wildman–Crippen LogP) is 3.39. The molecule has 0 saturated carbocycles. The van der Waals surface area contributed by atoms with Crippen molar-refractivity contribution in [2.24, 2.45) is 12.8 Å². The molecule has 1 heterocycles. The van der Waals surface area contributed by atoms with E-state index in [1.54, 1.807) is 16.7 Å². The van der Waals surface area contributed by atoms with Crippen LogP contribution in [0.2, 0.25) is 0 Å². The van der Waals surface area contributed by atoms with E-state index in [1.165, 1.54) is 12.1 Å². The predicted molar refractivity (Wildman–Crippen MR) is 81.6 cm³/mol. The van der Waals surface area contributed by atoms with Gasteiger partial charge in [0.25, 0.3) is 5.91 Å². The maximum Gasteiger partial charge on any atom is 0.265 e. The van der Waals surface area contributed by atoms with Crippen LogP contribution in [0.25, 0.3) is 22.0 Å². The summed E-state index contributed by atoms with van der Waals surface area (Å²) < 4.78 is 14.8. The molecule has 2 aromatic carbocycles. The second-order valence-electron chi connectivity index (χ2n) is 5.14. The van der Waals surface area contributed by atoms with E-state index in [2.05, 4.69) is 0 Å². The number of nitrogens with zero attached hydrogens (tertiary/aromatic N) is 1. The van der Waals surface area contributed by atoms with Crippen molar-refractivity contribution in [3.8, 4) is 11.1 Å². The molecule has 0 radical (unpaired) electrons. The number of hydrogen-bond donors (Lipinski definition) is 1. The molecule has 0 aliphatic rings. The van der Waals surface area contributed by atoms with Gasteiger partial charge in [-0.15, -0.1) is 0 Å². The highest BCUT2D eigenvalue weighted by Crippen LogP contribution is 2.29. The zero-order valence-corrected chi connectivity index (χ0v) is 11.9. The topological polar surface area (TPSA) is 48.0 Å². The van der Waals surface area contributed by atoms with Gasteiger partial charge in [0.15, 0.2) is 0 Å². The van der Waals surface area contributed by atoms with Crippen molar-refractivity contribution >= 4 is 16.8 Å². The van der Waals surface area contributed by atoms with Crippen LogP contribution in [0.5, 0.6) is 0 Å². The lowest BCUT2D eigenvalue weighted by Crippen LogP contribution is -2.16. The van der Waals surface area contributed by atoms with Crippen LogP contribution in [-0.2, 0) is 7.05 Å². The highest BCUT2D eigenvalue weighted by molar-refractivity contribution is 6.01. The smallest absolute Gasteiger partial charge is 0.265 e. The van der Waals surface area contributed by atoms with E-state index in [0.717, 1.165) is 27.6 Å². The second kappa shape index (κ2) is 4.74. The lowest BCUT2D eigenvalue weighted by Gasteiger charge is -2.03. The average Bonchev–Trinajstić information content (AvgIpc) is 2.71. The molecule has 1 amide bonds. The van der Waals surface area contributed by atoms with Gasteiger partial charge in [0.1, 0.15) is 11.5 Å². The third-order valence-electron chi connectivity index (χ3n) is 3.86. The van der Waals surface area contributed by atoms with Crippen LogP contribution in [0.4, 0.5) is 4.39 Å². The fourth-order valence-electron chi connectivity index (χ4n) is 2.80. The lowest BCUT2D eigenvalue weighted by atomic mass is 10.0. The Balaban J connectivity index is 2.23. The minimum atomic E-state index is -0.436. The quantitative estimate of drug-likeness (QED) is 0.769. The monoisotopic (exact) mass is 282 g/mol. The van der Waals surface area contributed by atoms with Crippen molar-refractivity contribution in [2.75, 3.05) is 0 Å². The first-order chi connectivity index (χ1) is 9.99. The molecular weight excluding hydrogens is 267 g/mol. The molecule has 2 N–H and O–H groups in total. The summed E-state index contributed by atoms with van der Waals surface area (Å²) in [7, 11) is 1.83. The minimum absolute atomic E-state index is 0.258. The largest absolute Gasteiger partial charge is 0.364 e. The molecule has 1 aromatic heterocycles. The number of hydrogen-bond acceptors (Lipinski definition) is 1. The number of nitrogens with two attached hydrogens (primary N) is 1. The SMILES string of the molecule is Cc1c(C(N)=O)n(C)c2ccc(-c3ccc(F)cc3)cc12. The standard InChI is InChI=1S/C17H15FN2O/c1-10-14-9-12(11-3-6-13(18)7-4-11)5-8-15(14)20(2)16(10)17(19)21/h3-9H,1-2H3,(H2,19,21). The molecule has 0 saturated heterocycles. The van der Waals surface area contributed by atoms with E-state index >= 15 is 0 Å². The molecule has 0 aliphatic heterocycles. The molecule has 3 nitrogen and oxygen atoms in total. The highest BCUT2D eigenvalue weighted by atomic mass is 19.1. The Morgan fingerprint density at radius 1 is 1.10 bits per heavy atom. The third kappa shape index (κ3) is 2.09. The van der Waals surface area contributed by atoms with E-state index < -0.39 is 5.91 Å². The summed E-state index contributed by atoms with van der Waals surface area (Å²) in [6, 6.07) is 12.3. The Labute approximate surface area is 121 Å². The van der Waals surface area contributed by atoms with Gasteiger partial charge in [0.05, 0.1) is 0 Å².